The standard InChI is InChI=1S/C15H17ClN2O4S2/c1-11-8-9-12(10-15(11)24(21,22)18(2)3)17-23(19,20)14-7-5-4-6-13(14)16/h4-10,17H,1-3H3. The fourth-order valence-electron chi connectivity index (χ4n) is 2.01. The molecule has 0 spiro atoms. The van der Waals surface area contributed by atoms with E-state index < -0.39 is 20.0 Å². The minimum atomic E-state index is -3.93. The monoisotopic (exact) mass is 388 g/mol. The zero-order chi connectivity index (χ0) is 18.1. The summed E-state index contributed by atoms with van der Waals surface area (Å²) in [6, 6.07) is 10.3. The normalized spacial score (nSPS) is 12.4. The lowest BCUT2D eigenvalue weighted by atomic mass is 10.2. The Bertz CT molecular complexity index is 971. The van der Waals surface area contributed by atoms with Gasteiger partial charge in [-0.05, 0) is 36.8 Å². The summed E-state index contributed by atoms with van der Waals surface area (Å²) in [5, 5.41) is 0.0817. The molecule has 2 aromatic carbocycles. The van der Waals surface area contributed by atoms with Gasteiger partial charge >= 0.3 is 0 Å². The van der Waals surface area contributed by atoms with E-state index in [-0.39, 0.29) is 20.5 Å². The van der Waals surface area contributed by atoms with Crippen molar-refractivity contribution in [3.05, 3.63) is 53.1 Å². The fraction of sp³-hybridized carbons (Fsp3) is 0.200. The van der Waals surface area contributed by atoms with Gasteiger partial charge in [0.05, 0.1) is 15.6 Å². The molecular formula is C15H17ClN2O4S2. The summed E-state index contributed by atoms with van der Waals surface area (Å²) in [7, 11) is -4.79. The molecule has 0 unspecified atom stereocenters. The minimum absolute atomic E-state index is 0.0341. The van der Waals surface area contributed by atoms with Gasteiger partial charge in [-0.25, -0.2) is 21.1 Å². The molecule has 0 amide bonds. The third kappa shape index (κ3) is 3.72. The summed E-state index contributed by atoms with van der Waals surface area (Å²) in [6.45, 7) is 1.64. The molecule has 0 aliphatic rings. The Labute approximate surface area is 147 Å². The maximum atomic E-state index is 12.4. The maximum absolute atomic E-state index is 12.4. The molecule has 0 atom stereocenters. The van der Waals surface area contributed by atoms with Crippen LogP contribution in [0.15, 0.2) is 52.3 Å². The van der Waals surface area contributed by atoms with Crippen molar-refractivity contribution < 1.29 is 16.8 Å². The molecule has 130 valence electrons. The summed E-state index contributed by atoms with van der Waals surface area (Å²) < 4.78 is 53.0. The van der Waals surface area contributed by atoms with Crippen molar-refractivity contribution in [1.29, 1.82) is 0 Å². The largest absolute Gasteiger partial charge is 0.280 e. The van der Waals surface area contributed by atoms with Crippen LogP contribution in [-0.2, 0) is 20.0 Å². The van der Waals surface area contributed by atoms with Crippen LogP contribution < -0.4 is 4.72 Å². The molecule has 6 nitrogen and oxygen atoms in total. The van der Waals surface area contributed by atoms with Crippen LogP contribution >= 0.6 is 11.6 Å². The molecule has 24 heavy (non-hydrogen) atoms. The summed E-state index contributed by atoms with van der Waals surface area (Å²) in [5.41, 5.74) is 0.658. The van der Waals surface area contributed by atoms with Crippen molar-refractivity contribution in [2.75, 3.05) is 18.8 Å². The van der Waals surface area contributed by atoms with Gasteiger partial charge in [0.1, 0.15) is 4.90 Å². The number of rotatable bonds is 5. The Morgan fingerprint density at radius 1 is 0.958 bits per heavy atom. The van der Waals surface area contributed by atoms with E-state index in [1.807, 2.05) is 0 Å². The lowest BCUT2D eigenvalue weighted by molar-refractivity contribution is 0.520. The first-order chi connectivity index (χ1) is 11.1. The number of anilines is 1. The third-order valence-electron chi connectivity index (χ3n) is 3.33. The number of hydrogen-bond donors (Lipinski definition) is 1. The highest BCUT2D eigenvalue weighted by Gasteiger charge is 2.22. The smallest absolute Gasteiger partial charge is 0.263 e. The van der Waals surface area contributed by atoms with Crippen LogP contribution in [0.5, 0.6) is 0 Å². The first kappa shape index (κ1) is 18.7. The number of halogens is 1. The zero-order valence-corrected chi connectivity index (χ0v) is 15.7. The molecule has 0 saturated heterocycles. The molecular weight excluding hydrogens is 372 g/mol. The number of hydrogen-bond acceptors (Lipinski definition) is 4. The van der Waals surface area contributed by atoms with Gasteiger partial charge in [-0.15, -0.1) is 0 Å². The van der Waals surface area contributed by atoms with E-state index in [1.54, 1.807) is 25.1 Å². The highest BCUT2D eigenvalue weighted by Crippen LogP contribution is 2.26. The van der Waals surface area contributed by atoms with E-state index in [0.29, 0.717) is 5.56 Å². The second kappa shape index (κ2) is 6.72. The van der Waals surface area contributed by atoms with E-state index in [4.69, 9.17) is 11.6 Å². The molecule has 0 aliphatic heterocycles. The number of nitrogens with zero attached hydrogens (tertiary/aromatic N) is 1. The third-order valence-corrected chi connectivity index (χ3v) is 7.16. The van der Waals surface area contributed by atoms with E-state index in [1.165, 1.54) is 38.4 Å². The molecule has 1 N–H and O–H groups in total. The number of nitrogens with one attached hydrogen (secondary N) is 1. The van der Waals surface area contributed by atoms with Crippen molar-refractivity contribution in [1.82, 2.24) is 4.31 Å². The van der Waals surface area contributed by atoms with Gasteiger partial charge in [0.2, 0.25) is 10.0 Å². The Morgan fingerprint density at radius 2 is 1.58 bits per heavy atom. The molecule has 0 fully saturated rings. The molecule has 9 heteroatoms. The van der Waals surface area contributed by atoms with Gasteiger partial charge in [-0.3, -0.25) is 4.72 Å². The van der Waals surface area contributed by atoms with E-state index >= 15 is 0 Å². The van der Waals surface area contributed by atoms with Crippen LogP contribution in [0, 0.1) is 6.92 Å². The first-order valence-corrected chi connectivity index (χ1v) is 10.2. The maximum Gasteiger partial charge on any atom is 0.263 e. The average molecular weight is 389 g/mol. The highest BCUT2D eigenvalue weighted by molar-refractivity contribution is 7.92. The molecule has 0 bridgehead atoms. The van der Waals surface area contributed by atoms with Crippen LogP contribution in [0.1, 0.15) is 5.56 Å². The summed E-state index contributed by atoms with van der Waals surface area (Å²) in [4.78, 5) is -0.0453. The quantitative estimate of drug-likeness (QED) is 0.853. The predicted octanol–water partition coefficient (Wildman–Crippen LogP) is 2.70. The average Bonchev–Trinajstić information content (AvgIpc) is 2.49. The van der Waals surface area contributed by atoms with Crippen molar-refractivity contribution in [2.45, 2.75) is 16.7 Å². The molecule has 0 aromatic heterocycles. The van der Waals surface area contributed by atoms with E-state index in [2.05, 4.69) is 4.72 Å². The van der Waals surface area contributed by atoms with Crippen LogP contribution in [0.2, 0.25) is 5.02 Å². The van der Waals surface area contributed by atoms with Crippen LogP contribution in [0.4, 0.5) is 5.69 Å². The van der Waals surface area contributed by atoms with Crippen molar-refractivity contribution >= 4 is 37.3 Å². The summed E-state index contributed by atoms with van der Waals surface area (Å²) in [5.74, 6) is 0. The second-order valence-electron chi connectivity index (χ2n) is 5.30. The molecule has 0 aliphatic carbocycles. The van der Waals surface area contributed by atoms with E-state index in [0.717, 1.165) is 4.31 Å². The van der Waals surface area contributed by atoms with Crippen LogP contribution in [0.3, 0.4) is 0 Å². The lowest BCUT2D eigenvalue weighted by Gasteiger charge is -2.15. The Kier molecular flexibility index (Phi) is 5.24. The molecule has 0 heterocycles. The second-order valence-corrected chi connectivity index (χ2v) is 9.48. The lowest BCUT2D eigenvalue weighted by Crippen LogP contribution is -2.23. The molecule has 0 saturated carbocycles. The topological polar surface area (TPSA) is 83.5 Å². The van der Waals surface area contributed by atoms with Gasteiger partial charge in [0.25, 0.3) is 10.0 Å². The Balaban J connectivity index is 2.47. The Morgan fingerprint density at radius 3 is 2.17 bits per heavy atom. The minimum Gasteiger partial charge on any atom is -0.280 e. The van der Waals surface area contributed by atoms with Crippen LogP contribution in [-0.4, -0.2) is 35.2 Å². The summed E-state index contributed by atoms with van der Waals surface area (Å²) in [6.07, 6.45) is 0. The molecule has 2 aromatic rings. The van der Waals surface area contributed by atoms with Crippen molar-refractivity contribution in [3.63, 3.8) is 0 Å². The van der Waals surface area contributed by atoms with Gasteiger partial charge in [0.15, 0.2) is 0 Å². The van der Waals surface area contributed by atoms with Crippen molar-refractivity contribution in [2.24, 2.45) is 0 Å². The number of aryl methyl sites for hydroxylation is 1. The highest BCUT2D eigenvalue weighted by atomic mass is 35.5. The van der Waals surface area contributed by atoms with Crippen molar-refractivity contribution in [3.8, 4) is 0 Å². The van der Waals surface area contributed by atoms with E-state index in [9.17, 15) is 16.8 Å². The molecule has 0 radical (unpaired) electrons. The SMILES string of the molecule is Cc1ccc(NS(=O)(=O)c2ccccc2Cl)cc1S(=O)(=O)N(C)C. The summed E-state index contributed by atoms with van der Waals surface area (Å²) >= 11 is 5.92. The first-order valence-electron chi connectivity index (χ1n) is 6.86. The van der Waals surface area contributed by atoms with Crippen LogP contribution in [0.25, 0.3) is 0 Å². The molecule has 2 rings (SSSR count). The fourth-order valence-corrected chi connectivity index (χ4v) is 4.73. The number of sulfonamides is 2. The zero-order valence-electron chi connectivity index (χ0n) is 13.3. The van der Waals surface area contributed by atoms with Gasteiger partial charge in [-0.2, -0.15) is 0 Å². The Hall–Kier alpha value is -1.61. The van der Waals surface area contributed by atoms with Gasteiger partial charge < -0.3 is 0 Å². The predicted molar refractivity (Wildman–Crippen MR) is 94.3 cm³/mol. The van der Waals surface area contributed by atoms with Gasteiger partial charge in [0, 0.05) is 14.1 Å². The van der Waals surface area contributed by atoms with Gasteiger partial charge in [-0.1, -0.05) is 29.8 Å². The number of benzene rings is 2.